The Morgan fingerprint density at radius 2 is 1.37 bits per heavy atom. The Morgan fingerprint density at radius 3 is 2.23 bits per heavy atom. The molecule has 8 rings (SSSR count). The summed E-state index contributed by atoms with van der Waals surface area (Å²) in [6, 6.07) is 0. The van der Waals surface area contributed by atoms with E-state index in [2.05, 4.69) is 43.9 Å². The fourth-order valence-electron chi connectivity index (χ4n) is 5.27. The topological polar surface area (TPSA) is 95.4 Å². The monoisotopic (exact) mass is 455 g/mol. The van der Waals surface area contributed by atoms with Crippen LogP contribution in [0, 0.1) is 0 Å². The predicted molar refractivity (Wildman–Crippen MR) is 140 cm³/mol. The molecule has 35 heavy (non-hydrogen) atoms. The minimum absolute atomic E-state index is 0.117. The van der Waals surface area contributed by atoms with E-state index in [0.29, 0.717) is 11.7 Å². The summed E-state index contributed by atoms with van der Waals surface area (Å²) in [6.07, 6.45) is 23.8. The van der Waals surface area contributed by atoms with Crippen molar-refractivity contribution in [1.82, 2.24) is 14.3 Å². The summed E-state index contributed by atoms with van der Waals surface area (Å²) >= 11 is 0. The molecule has 9 nitrogen and oxygen atoms in total. The van der Waals surface area contributed by atoms with Gasteiger partial charge in [0.1, 0.15) is 11.3 Å². The minimum Gasteiger partial charge on any atom is -0.358 e. The van der Waals surface area contributed by atoms with E-state index in [1.54, 1.807) is 0 Å². The number of amidine groups is 2. The third-order valence-corrected chi connectivity index (χ3v) is 6.80. The summed E-state index contributed by atoms with van der Waals surface area (Å²) in [7, 11) is 0. The zero-order valence-corrected chi connectivity index (χ0v) is 18.7. The van der Waals surface area contributed by atoms with Gasteiger partial charge in [-0.2, -0.15) is 0 Å². The van der Waals surface area contributed by atoms with Gasteiger partial charge in [0.15, 0.2) is 23.0 Å². The van der Waals surface area contributed by atoms with E-state index in [1.807, 2.05) is 61.1 Å². The predicted octanol–water partition coefficient (Wildman–Crippen LogP) is 2.98. The molecule has 6 aliphatic heterocycles. The first-order valence-corrected chi connectivity index (χ1v) is 11.5. The van der Waals surface area contributed by atoms with Crippen molar-refractivity contribution in [3.05, 3.63) is 94.5 Å². The summed E-state index contributed by atoms with van der Waals surface area (Å²) in [5.41, 5.74) is 7.18. The normalized spacial score (nSPS) is 21.5. The second-order valence-electron chi connectivity index (χ2n) is 8.71. The van der Waals surface area contributed by atoms with Gasteiger partial charge in [0.2, 0.25) is 0 Å². The van der Waals surface area contributed by atoms with Crippen molar-refractivity contribution in [1.29, 1.82) is 0 Å². The molecule has 0 radical (unpaired) electrons. The van der Waals surface area contributed by atoms with Gasteiger partial charge in [-0.1, -0.05) is 18.2 Å². The van der Waals surface area contributed by atoms with Gasteiger partial charge in [-0.25, -0.2) is 20.0 Å². The first-order chi connectivity index (χ1) is 17.3. The third kappa shape index (κ3) is 2.37. The van der Waals surface area contributed by atoms with Gasteiger partial charge in [0, 0.05) is 35.3 Å². The van der Waals surface area contributed by atoms with E-state index >= 15 is 0 Å². The molecular weight excluding hydrogens is 437 g/mol. The van der Waals surface area contributed by atoms with Crippen molar-refractivity contribution in [2.45, 2.75) is 6.82 Å². The number of hydrogen-bond acceptors (Lipinski definition) is 7. The molecule has 0 aliphatic carbocycles. The van der Waals surface area contributed by atoms with Crippen LogP contribution in [0.5, 0.6) is 0 Å². The second kappa shape index (κ2) is 6.60. The lowest BCUT2D eigenvalue weighted by atomic mass is 9.78. The van der Waals surface area contributed by atoms with Gasteiger partial charge in [0.05, 0.1) is 17.1 Å². The van der Waals surface area contributed by atoms with E-state index in [9.17, 15) is 0 Å². The maximum Gasteiger partial charge on any atom is 0.386 e. The Morgan fingerprint density at radius 1 is 0.629 bits per heavy atom. The summed E-state index contributed by atoms with van der Waals surface area (Å²) in [5.74, 6) is 2.85. The maximum atomic E-state index is 5.19. The lowest BCUT2D eigenvalue weighted by Crippen LogP contribution is -2.46. The fraction of sp³-hybridized carbons (Fsp3) is 0.0400. The molecule has 2 aromatic rings. The summed E-state index contributed by atoms with van der Waals surface area (Å²) in [5, 5.41) is 10.2. The average Bonchev–Trinajstić information content (AvgIpc) is 3.17. The molecule has 10 heteroatoms. The van der Waals surface area contributed by atoms with E-state index in [-0.39, 0.29) is 6.98 Å². The molecule has 0 amide bonds. The molecule has 0 aromatic carbocycles. The number of fused-ring (bicyclic) bond motifs is 9. The van der Waals surface area contributed by atoms with Crippen LogP contribution < -0.4 is 26.9 Å². The van der Waals surface area contributed by atoms with Gasteiger partial charge in [-0.15, -0.1) is 0 Å². The molecule has 3 N–H and O–H groups in total. The fourth-order valence-corrected chi connectivity index (χ4v) is 5.27. The third-order valence-electron chi connectivity index (χ3n) is 6.80. The molecule has 0 saturated carbocycles. The molecule has 0 unspecified atom stereocenters. The number of nitrogens with zero attached hydrogens (tertiary/aromatic N) is 6. The zero-order valence-electron chi connectivity index (χ0n) is 18.7. The van der Waals surface area contributed by atoms with Gasteiger partial charge >= 0.3 is 6.98 Å². The molecular formula is C25H18BN9. The van der Waals surface area contributed by atoms with Crippen molar-refractivity contribution in [3.8, 4) is 0 Å². The van der Waals surface area contributed by atoms with Crippen molar-refractivity contribution >= 4 is 53.8 Å². The van der Waals surface area contributed by atoms with E-state index in [0.717, 1.165) is 56.4 Å². The number of aromatic nitrogens is 2. The maximum absolute atomic E-state index is 5.19. The molecule has 0 saturated heterocycles. The highest BCUT2D eigenvalue weighted by Crippen LogP contribution is 2.44. The average molecular weight is 455 g/mol. The van der Waals surface area contributed by atoms with Crippen molar-refractivity contribution in [3.63, 3.8) is 0 Å². The van der Waals surface area contributed by atoms with Crippen LogP contribution in [0.25, 0.3) is 12.2 Å². The molecule has 8 heterocycles. The van der Waals surface area contributed by atoms with Crippen LogP contribution in [0.1, 0.15) is 11.1 Å². The first kappa shape index (κ1) is 18.6. The summed E-state index contributed by atoms with van der Waals surface area (Å²) in [4.78, 5) is 20.3. The molecule has 6 aliphatic rings. The largest absolute Gasteiger partial charge is 0.386 e. The Balaban J connectivity index is 1.58. The van der Waals surface area contributed by atoms with Crippen LogP contribution in [-0.2, 0) is 0 Å². The SMILES string of the molecule is CB1n2c3c4c(c2/N=C2N=C(/N=c5/c6c(c(n51)=N3)NC=CC=C6)C1=C\2C=CC=CN1)NC=CC=C4. The van der Waals surface area contributed by atoms with Crippen molar-refractivity contribution < 1.29 is 0 Å². The van der Waals surface area contributed by atoms with Crippen LogP contribution >= 0.6 is 0 Å². The van der Waals surface area contributed by atoms with Crippen LogP contribution in [0.15, 0.2) is 92.4 Å². The minimum atomic E-state index is -0.117. The van der Waals surface area contributed by atoms with E-state index < -0.39 is 0 Å². The van der Waals surface area contributed by atoms with Gasteiger partial charge in [-0.05, 0) is 43.3 Å². The number of rotatable bonds is 0. The Labute approximate surface area is 200 Å². The van der Waals surface area contributed by atoms with Crippen LogP contribution in [-0.4, -0.2) is 27.6 Å². The standard InChI is InChI=1S/C25H18BN9/c1-26-34-22-15-9-3-6-13-29-19(15)25(34)33-23-16-10-4-7-12-28-18(16)24(35(23)26)31-20-14-8-2-5-11-27-17(14)21(30-20)32-22/h2-13,27-29H,1H3/b31-20-,31-24?,32-21?,32-22-. The second-order valence-corrected chi connectivity index (χ2v) is 8.71. The summed E-state index contributed by atoms with van der Waals surface area (Å²) in [6.45, 7) is 2.04. The highest BCUT2D eigenvalue weighted by molar-refractivity contribution is 6.56. The number of aliphatic imine (C=N–C) groups is 2. The Kier molecular flexibility index (Phi) is 3.50. The molecule has 4 bridgehead atoms. The molecule has 166 valence electrons. The van der Waals surface area contributed by atoms with Crippen molar-refractivity contribution in [2.75, 3.05) is 10.6 Å². The van der Waals surface area contributed by atoms with Crippen LogP contribution in [0.3, 0.4) is 0 Å². The van der Waals surface area contributed by atoms with Gasteiger partial charge < -0.3 is 24.9 Å². The number of anilines is 2. The lowest BCUT2D eigenvalue weighted by Gasteiger charge is -2.21. The summed E-state index contributed by atoms with van der Waals surface area (Å²) < 4.78 is 4.34. The zero-order chi connectivity index (χ0) is 23.1. The quantitative estimate of drug-likeness (QED) is 0.533. The molecule has 2 aromatic heterocycles. The van der Waals surface area contributed by atoms with Crippen molar-refractivity contribution in [2.24, 2.45) is 20.0 Å². The lowest BCUT2D eigenvalue weighted by molar-refractivity contribution is 0.909. The van der Waals surface area contributed by atoms with E-state index in [4.69, 9.17) is 20.0 Å². The first-order valence-electron chi connectivity index (χ1n) is 11.5. The van der Waals surface area contributed by atoms with Crippen LogP contribution in [0.4, 0.5) is 23.0 Å². The van der Waals surface area contributed by atoms with Gasteiger partial charge in [-0.3, -0.25) is 0 Å². The number of hydrogen-bond donors (Lipinski definition) is 3. The highest BCUT2D eigenvalue weighted by atomic mass is 15.3. The Bertz CT molecular complexity index is 1780. The molecule has 0 spiro atoms. The molecule has 0 atom stereocenters. The number of allylic oxidation sites excluding steroid dienone is 6. The Hall–Kier alpha value is -4.86. The highest BCUT2D eigenvalue weighted by Gasteiger charge is 2.36. The number of nitrogens with one attached hydrogen (secondary N) is 3. The molecule has 0 fully saturated rings. The van der Waals surface area contributed by atoms with E-state index in [1.165, 1.54) is 0 Å². The van der Waals surface area contributed by atoms with Gasteiger partial charge in [0.25, 0.3) is 0 Å². The van der Waals surface area contributed by atoms with Crippen LogP contribution in [0.2, 0.25) is 6.82 Å². The smallest absolute Gasteiger partial charge is 0.358 e.